The van der Waals surface area contributed by atoms with Crippen LogP contribution in [-0.4, -0.2) is 80.6 Å². The lowest BCUT2D eigenvalue weighted by Gasteiger charge is -2.44. The maximum atomic E-state index is 13.9. The number of carbonyl (C=O) groups excluding carboxylic acids is 5. The molecule has 0 saturated carbocycles. The molecule has 1 rings (SSSR count). The Morgan fingerprint density at radius 3 is 1.51 bits per heavy atom. The van der Waals surface area contributed by atoms with E-state index >= 15 is 0 Å². The number of ether oxygens (including phenoxy) is 6. The molecule has 0 spiro atoms. The first-order valence-electron chi connectivity index (χ1n) is 13.0. The van der Waals surface area contributed by atoms with E-state index in [4.69, 9.17) is 37.5 Å². The fourth-order valence-electron chi connectivity index (χ4n) is 3.50. The minimum absolute atomic E-state index is 0.254. The fraction of sp³-hybridized carbons (Fsp3) is 0.808. The van der Waals surface area contributed by atoms with Crippen molar-refractivity contribution in [1.82, 2.24) is 0 Å². The van der Waals surface area contributed by atoms with Crippen LogP contribution >= 0.6 is 7.60 Å². The first-order chi connectivity index (χ1) is 18.7. The van der Waals surface area contributed by atoms with Gasteiger partial charge in [0.15, 0.2) is 6.10 Å². The summed E-state index contributed by atoms with van der Waals surface area (Å²) >= 11 is 0. The zero-order valence-corrected chi connectivity index (χ0v) is 26.3. The maximum Gasteiger partial charge on any atom is 0.339 e. The first-order valence-corrected chi connectivity index (χ1v) is 14.7. The van der Waals surface area contributed by atoms with Gasteiger partial charge in [-0.15, -0.1) is 0 Å². The zero-order chi connectivity index (χ0) is 31.8. The highest BCUT2D eigenvalue weighted by atomic mass is 31.2. The van der Waals surface area contributed by atoms with Gasteiger partial charge in [0.1, 0.15) is 18.8 Å². The average molecular weight is 611 g/mol. The van der Waals surface area contributed by atoms with Crippen molar-refractivity contribution in [3.05, 3.63) is 0 Å². The van der Waals surface area contributed by atoms with E-state index in [-0.39, 0.29) is 6.61 Å². The van der Waals surface area contributed by atoms with Crippen molar-refractivity contribution in [2.45, 2.75) is 93.7 Å². The molecule has 0 aromatic heterocycles. The molecule has 5 atom stereocenters. The number of carbonyl (C=O) groups is 5. The van der Waals surface area contributed by atoms with Gasteiger partial charge < -0.3 is 28.4 Å². The van der Waals surface area contributed by atoms with Crippen LogP contribution in [0.3, 0.4) is 0 Å². The van der Waals surface area contributed by atoms with E-state index in [2.05, 4.69) is 0 Å². The van der Waals surface area contributed by atoms with Crippen LogP contribution < -0.4 is 0 Å². The van der Waals surface area contributed by atoms with E-state index in [1.54, 1.807) is 48.5 Å². The third-order valence-corrected chi connectivity index (χ3v) is 7.51. The lowest BCUT2D eigenvalue weighted by molar-refractivity contribution is -0.226. The van der Waals surface area contributed by atoms with Crippen molar-refractivity contribution in [3.63, 3.8) is 0 Å². The largest absolute Gasteiger partial charge is 0.463 e. The van der Waals surface area contributed by atoms with Crippen LogP contribution in [-0.2, 0) is 66.0 Å². The molecule has 236 valence electrons. The Labute approximate surface area is 240 Å². The number of hydrogen-bond donors (Lipinski definition) is 0. The Balaban J connectivity index is 3.35. The molecule has 0 bridgehead atoms. The molecule has 0 amide bonds. The number of esters is 5. The van der Waals surface area contributed by atoms with Gasteiger partial charge >= 0.3 is 37.4 Å². The topological polar surface area (TPSA) is 176 Å². The highest BCUT2D eigenvalue weighted by molar-refractivity contribution is 7.53. The highest BCUT2D eigenvalue weighted by Crippen LogP contribution is 2.51. The van der Waals surface area contributed by atoms with E-state index in [9.17, 15) is 28.5 Å². The standard InChI is InChI=1S/C26H43O14P/c1-15-19(11-33-16(2)27)40-20(22(39-18(4)29)21(15)38-17(3)28)12-41(32,36-13-34-23(30)25(5,6)7)37-14-35-24(31)26(8,9)10/h15,19-22H,11-14H2,1-10H3/t15-,19?,20-,21?,22?/m1/s1. The second kappa shape index (κ2) is 15.1. The summed E-state index contributed by atoms with van der Waals surface area (Å²) in [6, 6.07) is 0. The lowest BCUT2D eigenvalue weighted by Crippen LogP contribution is -2.58. The summed E-state index contributed by atoms with van der Waals surface area (Å²) in [6.45, 7) is 12.9. The molecule has 41 heavy (non-hydrogen) atoms. The van der Waals surface area contributed by atoms with Crippen molar-refractivity contribution in [1.29, 1.82) is 0 Å². The van der Waals surface area contributed by atoms with E-state index in [1.807, 2.05) is 0 Å². The summed E-state index contributed by atoms with van der Waals surface area (Å²) in [5, 5.41) is 0. The monoisotopic (exact) mass is 610 g/mol. The van der Waals surface area contributed by atoms with E-state index < -0.39 is 98.4 Å². The Morgan fingerprint density at radius 2 is 1.12 bits per heavy atom. The molecule has 1 heterocycles. The van der Waals surface area contributed by atoms with Gasteiger partial charge in [0, 0.05) is 26.7 Å². The van der Waals surface area contributed by atoms with Crippen LogP contribution in [0.1, 0.15) is 69.2 Å². The van der Waals surface area contributed by atoms with Crippen molar-refractivity contribution in [2.24, 2.45) is 16.7 Å². The minimum atomic E-state index is -4.35. The molecule has 0 radical (unpaired) electrons. The average Bonchev–Trinajstić information content (AvgIpc) is 2.80. The molecule has 1 saturated heterocycles. The van der Waals surface area contributed by atoms with Crippen molar-refractivity contribution >= 4 is 37.4 Å². The Kier molecular flexibility index (Phi) is 13.4. The summed E-state index contributed by atoms with van der Waals surface area (Å²) in [5.41, 5.74) is -1.78. The van der Waals surface area contributed by atoms with Gasteiger partial charge in [-0.25, -0.2) is 0 Å². The van der Waals surface area contributed by atoms with Gasteiger partial charge in [0.05, 0.1) is 23.1 Å². The van der Waals surface area contributed by atoms with Crippen molar-refractivity contribution in [2.75, 3.05) is 26.4 Å². The SMILES string of the molecule is CC(=O)OCC1O[C@H](CP(=O)(OCOC(=O)C(C)(C)C)OCOC(=O)C(C)(C)C)C(OC(C)=O)C(OC(C)=O)[C@@H]1C. The van der Waals surface area contributed by atoms with Crippen LogP contribution in [0.15, 0.2) is 0 Å². The number of hydrogen-bond acceptors (Lipinski definition) is 14. The third kappa shape index (κ3) is 12.5. The van der Waals surface area contributed by atoms with Gasteiger partial charge in [0.2, 0.25) is 13.6 Å². The van der Waals surface area contributed by atoms with Crippen LogP contribution in [0.5, 0.6) is 0 Å². The fourth-order valence-corrected chi connectivity index (χ4v) is 4.95. The molecule has 14 nitrogen and oxygen atoms in total. The summed E-state index contributed by atoms with van der Waals surface area (Å²) in [6.07, 6.45) is -5.17. The predicted molar refractivity (Wildman–Crippen MR) is 141 cm³/mol. The Morgan fingerprint density at radius 1 is 0.683 bits per heavy atom. The van der Waals surface area contributed by atoms with Crippen molar-refractivity contribution in [3.8, 4) is 0 Å². The van der Waals surface area contributed by atoms with Crippen LogP contribution in [0, 0.1) is 16.7 Å². The molecule has 0 aliphatic carbocycles. The molecule has 0 aromatic carbocycles. The summed E-state index contributed by atoms with van der Waals surface area (Å²) < 4.78 is 56.8. The molecular weight excluding hydrogens is 567 g/mol. The third-order valence-electron chi connectivity index (χ3n) is 5.71. The molecule has 1 aliphatic heterocycles. The van der Waals surface area contributed by atoms with Gasteiger partial charge in [0.25, 0.3) is 0 Å². The highest BCUT2D eigenvalue weighted by Gasteiger charge is 2.51. The quantitative estimate of drug-likeness (QED) is 0.136. The van der Waals surface area contributed by atoms with E-state index in [0.717, 1.165) is 13.8 Å². The van der Waals surface area contributed by atoms with E-state index in [1.165, 1.54) is 6.92 Å². The maximum absolute atomic E-state index is 13.9. The molecule has 0 aromatic rings. The van der Waals surface area contributed by atoms with Gasteiger partial charge in [-0.05, 0) is 41.5 Å². The molecule has 3 unspecified atom stereocenters. The molecular formula is C26H43O14P. The molecule has 1 aliphatic rings. The molecule has 0 N–H and O–H groups in total. The Hall–Kier alpha value is -2.54. The molecule has 1 fully saturated rings. The van der Waals surface area contributed by atoms with Gasteiger partial charge in [-0.2, -0.15) is 0 Å². The smallest absolute Gasteiger partial charge is 0.339 e. The summed E-state index contributed by atoms with van der Waals surface area (Å²) in [7, 11) is -4.35. The minimum Gasteiger partial charge on any atom is -0.463 e. The normalized spacial score (nSPS) is 23.2. The summed E-state index contributed by atoms with van der Waals surface area (Å²) in [4.78, 5) is 59.8. The second-order valence-corrected chi connectivity index (χ2v) is 13.8. The molecule has 15 heteroatoms. The van der Waals surface area contributed by atoms with Crippen molar-refractivity contribution < 1.29 is 66.0 Å². The van der Waals surface area contributed by atoms with Gasteiger partial charge in [-0.3, -0.25) is 37.6 Å². The van der Waals surface area contributed by atoms with Crippen LogP contribution in [0.4, 0.5) is 0 Å². The zero-order valence-electron chi connectivity index (χ0n) is 25.4. The van der Waals surface area contributed by atoms with E-state index in [0.29, 0.717) is 0 Å². The summed E-state index contributed by atoms with van der Waals surface area (Å²) in [5.74, 6) is -3.98. The van der Waals surface area contributed by atoms with Crippen LogP contribution in [0.2, 0.25) is 0 Å². The number of rotatable bonds is 12. The Bertz CT molecular complexity index is 959. The second-order valence-electron chi connectivity index (χ2n) is 11.7. The first kappa shape index (κ1) is 36.5. The predicted octanol–water partition coefficient (Wildman–Crippen LogP) is 3.14. The van der Waals surface area contributed by atoms with Crippen LogP contribution in [0.25, 0.3) is 0 Å². The lowest BCUT2D eigenvalue weighted by atomic mass is 9.88. The van der Waals surface area contributed by atoms with Gasteiger partial charge in [-0.1, -0.05) is 6.92 Å².